The highest BCUT2D eigenvalue weighted by molar-refractivity contribution is 5.84. The SMILES string of the molecule is COC(=O)C(C)c1c(C)nc2c(c1-c1ccc3c(c1)CCCO3)CCCC2. The van der Waals surface area contributed by atoms with Gasteiger partial charge in [0.1, 0.15) is 5.75 Å². The van der Waals surface area contributed by atoms with E-state index in [1.807, 2.05) is 13.8 Å². The van der Waals surface area contributed by atoms with Crippen LogP contribution in [0, 0.1) is 6.92 Å². The van der Waals surface area contributed by atoms with Crippen molar-refractivity contribution >= 4 is 5.97 Å². The number of hydrogen-bond donors (Lipinski definition) is 0. The standard InChI is InChI=1S/C23H27NO3/c1-14(23(25)26-3)21-15(2)24-19-9-5-4-8-18(19)22(21)17-10-11-20-16(13-17)7-6-12-27-20/h10-11,13-14H,4-9,12H2,1-3H3. The lowest BCUT2D eigenvalue weighted by Crippen LogP contribution is -2.18. The molecule has 0 radical (unpaired) electrons. The summed E-state index contributed by atoms with van der Waals surface area (Å²) in [4.78, 5) is 17.3. The van der Waals surface area contributed by atoms with Crippen LogP contribution >= 0.6 is 0 Å². The highest BCUT2D eigenvalue weighted by Crippen LogP contribution is 2.40. The average Bonchev–Trinajstić information content (AvgIpc) is 2.71. The third-order valence-electron chi connectivity index (χ3n) is 5.89. The van der Waals surface area contributed by atoms with E-state index in [1.54, 1.807) is 0 Å². The molecule has 0 fully saturated rings. The van der Waals surface area contributed by atoms with Gasteiger partial charge in [-0.2, -0.15) is 0 Å². The summed E-state index contributed by atoms with van der Waals surface area (Å²) in [5, 5.41) is 0. The minimum atomic E-state index is -0.336. The number of nitrogens with zero attached hydrogens (tertiary/aromatic N) is 1. The Kier molecular flexibility index (Phi) is 4.90. The molecule has 0 N–H and O–H groups in total. The summed E-state index contributed by atoms with van der Waals surface area (Å²) in [6.07, 6.45) is 6.48. The van der Waals surface area contributed by atoms with E-state index in [9.17, 15) is 4.79 Å². The molecule has 1 aromatic heterocycles. The molecule has 0 bridgehead atoms. The Bertz CT molecular complexity index is 888. The van der Waals surface area contributed by atoms with Crippen LogP contribution in [0.3, 0.4) is 0 Å². The monoisotopic (exact) mass is 365 g/mol. The molecule has 4 heteroatoms. The number of benzene rings is 1. The zero-order chi connectivity index (χ0) is 19.0. The fourth-order valence-electron chi connectivity index (χ4n) is 4.56. The highest BCUT2D eigenvalue weighted by Gasteiger charge is 2.28. The number of aryl methyl sites for hydroxylation is 3. The minimum absolute atomic E-state index is 0.210. The van der Waals surface area contributed by atoms with E-state index in [0.717, 1.165) is 49.3 Å². The lowest BCUT2D eigenvalue weighted by Gasteiger charge is -2.26. The molecule has 1 aliphatic carbocycles. The van der Waals surface area contributed by atoms with Crippen molar-refractivity contribution in [2.75, 3.05) is 13.7 Å². The van der Waals surface area contributed by atoms with Gasteiger partial charge in [-0.25, -0.2) is 0 Å². The number of hydrogen-bond acceptors (Lipinski definition) is 4. The maximum Gasteiger partial charge on any atom is 0.312 e. The van der Waals surface area contributed by atoms with E-state index >= 15 is 0 Å². The molecule has 0 spiro atoms. The first kappa shape index (κ1) is 18.0. The van der Waals surface area contributed by atoms with Gasteiger partial charge in [-0.05, 0) is 92.3 Å². The van der Waals surface area contributed by atoms with E-state index in [0.29, 0.717) is 0 Å². The molecule has 2 aliphatic rings. The Labute approximate surface area is 160 Å². The molecule has 0 saturated heterocycles. The summed E-state index contributed by atoms with van der Waals surface area (Å²) in [7, 11) is 1.45. The fraction of sp³-hybridized carbons (Fsp3) is 0.478. The number of rotatable bonds is 3. The Morgan fingerprint density at radius 3 is 2.81 bits per heavy atom. The van der Waals surface area contributed by atoms with Gasteiger partial charge in [0.15, 0.2) is 0 Å². The maximum atomic E-state index is 12.4. The van der Waals surface area contributed by atoms with Crippen LogP contribution in [-0.4, -0.2) is 24.7 Å². The van der Waals surface area contributed by atoms with Crippen LogP contribution in [0.1, 0.15) is 60.2 Å². The van der Waals surface area contributed by atoms with Gasteiger partial charge in [0, 0.05) is 11.4 Å². The molecule has 1 aliphatic heterocycles. The normalized spacial score (nSPS) is 16.7. The lowest BCUT2D eigenvalue weighted by atomic mass is 9.81. The summed E-state index contributed by atoms with van der Waals surface area (Å²) < 4.78 is 10.9. The largest absolute Gasteiger partial charge is 0.493 e. The number of carbonyl (C=O) groups excluding carboxylic acids is 1. The fourth-order valence-corrected chi connectivity index (χ4v) is 4.56. The highest BCUT2D eigenvalue weighted by atomic mass is 16.5. The third-order valence-corrected chi connectivity index (χ3v) is 5.89. The van der Waals surface area contributed by atoms with Crippen molar-refractivity contribution in [3.8, 4) is 16.9 Å². The Morgan fingerprint density at radius 2 is 2.00 bits per heavy atom. The van der Waals surface area contributed by atoms with E-state index in [2.05, 4.69) is 18.2 Å². The Balaban J connectivity index is 1.94. The second-order valence-electron chi connectivity index (χ2n) is 7.64. The van der Waals surface area contributed by atoms with E-state index in [4.69, 9.17) is 14.5 Å². The van der Waals surface area contributed by atoms with Crippen molar-refractivity contribution in [2.24, 2.45) is 0 Å². The van der Waals surface area contributed by atoms with Crippen LogP contribution in [0.15, 0.2) is 18.2 Å². The number of pyridine rings is 1. The van der Waals surface area contributed by atoms with Gasteiger partial charge < -0.3 is 9.47 Å². The van der Waals surface area contributed by atoms with Gasteiger partial charge in [0.2, 0.25) is 0 Å². The maximum absolute atomic E-state index is 12.4. The predicted octanol–water partition coefficient (Wildman–Crippen LogP) is 4.54. The van der Waals surface area contributed by atoms with Crippen LogP contribution in [0.2, 0.25) is 0 Å². The molecule has 142 valence electrons. The molecule has 4 rings (SSSR count). The van der Waals surface area contributed by atoms with Crippen molar-refractivity contribution in [1.82, 2.24) is 4.98 Å². The van der Waals surface area contributed by atoms with Gasteiger partial charge in [0.05, 0.1) is 19.6 Å². The average molecular weight is 365 g/mol. The summed E-state index contributed by atoms with van der Waals surface area (Å²) in [5.74, 6) is 0.447. The molecule has 1 aromatic carbocycles. The van der Waals surface area contributed by atoms with E-state index in [-0.39, 0.29) is 11.9 Å². The van der Waals surface area contributed by atoms with Gasteiger partial charge in [-0.1, -0.05) is 6.07 Å². The molecule has 0 saturated carbocycles. The van der Waals surface area contributed by atoms with Gasteiger partial charge in [-0.3, -0.25) is 9.78 Å². The summed E-state index contributed by atoms with van der Waals surface area (Å²) in [6, 6.07) is 6.48. The quantitative estimate of drug-likeness (QED) is 0.750. The van der Waals surface area contributed by atoms with Gasteiger partial charge >= 0.3 is 5.97 Å². The summed E-state index contributed by atoms with van der Waals surface area (Å²) in [5.41, 5.74) is 8.10. The van der Waals surface area contributed by atoms with Gasteiger partial charge in [-0.15, -0.1) is 0 Å². The minimum Gasteiger partial charge on any atom is -0.493 e. The van der Waals surface area contributed by atoms with Crippen molar-refractivity contribution in [2.45, 2.75) is 58.3 Å². The van der Waals surface area contributed by atoms with Crippen molar-refractivity contribution < 1.29 is 14.3 Å². The smallest absolute Gasteiger partial charge is 0.312 e. The first-order chi connectivity index (χ1) is 13.1. The number of esters is 1. The molecule has 4 nitrogen and oxygen atoms in total. The van der Waals surface area contributed by atoms with Crippen molar-refractivity contribution in [3.63, 3.8) is 0 Å². The number of fused-ring (bicyclic) bond motifs is 2. The zero-order valence-electron chi connectivity index (χ0n) is 16.4. The van der Waals surface area contributed by atoms with Crippen LogP contribution in [0.4, 0.5) is 0 Å². The molecular weight excluding hydrogens is 338 g/mol. The van der Waals surface area contributed by atoms with Crippen molar-refractivity contribution in [3.05, 3.63) is 46.3 Å². The molecule has 2 heterocycles. The van der Waals surface area contributed by atoms with Crippen LogP contribution < -0.4 is 4.74 Å². The molecular formula is C23H27NO3. The van der Waals surface area contributed by atoms with Crippen LogP contribution in [0.5, 0.6) is 5.75 Å². The number of carbonyl (C=O) groups is 1. The van der Waals surface area contributed by atoms with Gasteiger partial charge in [0.25, 0.3) is 0 Å². The van der Waals surface area contributed by atoms with E-state index in [1.165, 1.54) is 47.9 Å². The molecule has 2 aromatic rings. The Hall–Kier alpha value is -2.36. The lowest BCUT2D eigenvalue weighted by molar-refractivity contribution is -0.142. The topological polar surface area (TPSA) is 48.4 Å². The third kappa shape index (κ3) is 3.22. The Morgan fingerprint density at radius 1 is 1.19 bits per heavy atom. The first-order valence-electron chi connectivity index (χ1n) is 9.96. The van der Waals surface area contributed by atoms with E-state index < -0.39 is 0 Å². The first-order valence-corrected chi connectivity index (χ1v) is 9.96. The summed E-state index contributed by atoms with van der Waals surface area (Å²) in [6.45, 7) is 4.74. The number of aromatic nitrogens is 1. The number of ether oxygens (including phenoxy) is 2. The van der Waals surface area contributed by atoms with Crippen LogP contribution in [0.25, 0.3) is 11.1 Å². The predicted molar refractivity (Wildman–Crippen MR) is 105 cm³/mol. The molecule has 27 heavy (non-hydrogen) atoms. The number of methoxy groups -OCH3 is 1. The van der Waals surface area contributed by atoms with Crippen molar-refractivity contribution in [1.29, 1.82) is 0 Å². The molecule has 1 unspecified atom stereocenters. The second-order valence-corrected chi connectivity index (χ2v) is 7.64. The summed E-state index contributed by atoms with van der Waals surface area (Å²) >= 11 is 0. The zero-order valence-corrected chi connectivity index (χ0v) is 16.4. The molecule has 1 atom stereocenters. The van der Waals surface area contributed by atoms with Crippen LogP contribution in [-0.2, 0) is 28.8 Å². The second kappa shape index (κ2) is 7.34. The molecule has 0 amide bonds.